The van der Waals surface area contributed by atoms with Crippen LogP contribution >= 0.6 is 7.60 Å². The molecule has 3 heterocycles. The lowest BCUT2D eigenvalue weighted by molar-refractivity contribution is -0.0124. The van der Waals surface area contributed by atoms with Crippen LogP contribution < -0.4 is 0 Å². The van der Waals surface area contributed by atoms with Crippen LogP contribution in [0.5, 0.6) is 0 Å². The van der Waals surface area contributed by atoms with Gasteiger partial charge in [0, 0.05) is 33.7 Å². The zero-order valence-corrected chi connectivity index (χ0v) is 22.4. The van der Waals surface area contributed by atoms with Crippen molar-refractivity contribution < 1.29 is 23.1 Å². The minimum Gasteiger partial charge on any atom is -0.379 e. The number of hydrogen-bond donors (Lipinski definition) is 0. The van der Waals surface area contributed by atoms with Crippen LogP contribution in [0.3, 0.4) is 0 Å². The lowest BCUT2D eigenvalue weighted by Crippen LogP contribution is -2.43. The predicted octanol–water partition coefficient (Wildman–Crippen LogP) is 2.77. The molecule has 1 fully saturated rings. The molecule has 2 aromatic rings. The summed E-state index contributed by atoms with van der Waals surface area (Å²) in [6.07, 6.45) is 3.90. The molecule has 0 aliphatic carbocycles. The fourth-order valence-electron chi connectivity index (χ4n) is 3.65. The Morgan fingerprint density at radius 1 is 1.11 bits per heavy atom. The van der Waals surface area contributed by atoms with E-state index >= 15 is 0 Å². The van der Waals surface area contributed by atoms with Gasteiger partial charge in [-0.15, -0.1) is 0 Å². The van der Waals surface area contributed by atoms with Gasteiger partial charge in [0.25, 0.3) is 0 Å². The van der Waals surface area contributed by atoms with E-state index in [0.29, 0.717) is 43.3 Å². The first-order valence-corrected chi connectivity index (χ1v) is 13.6. The summed E-state index contributed by atoms with van der Waals surface area (Å²) in [6, 6.07) is 0. The van der Waals surface area contributed by atoms with Crippen molar-refractivity contribution in [2.24, 2.45) is 4.99 Å². The third kappa shape index (κ3) is 8.59. The van der Waals surface area contributed by atoms with Crippen molar-refractivity contribution in [3.63, 3.8) is 0 Å². The molecule has 1 atom stereocenters. The molecule has 196 valence electrons. The Morgan fingerprint density at radius 2 is 1.80 bits per heavy atom. The molecule has 1 unspecified atom stereocenters. The summed E-state index contributed by atoms with van der Waals surface area (Å²) < 4.78 is 38.3. The van der Waals surface area contributed by atoms with Gasteiger partial charge in [-0.1, -0.05) is 0 Å². The molecule has 2 aromatic heterocycles. The Bertz CT molecular complexity index is 993. The van der Waals surface area contributed by atoms with Gasteiger partial charge in [-0.25, -0.2) is 19.9 Å². The summed E-state index contributed by atoms with van der Waals surface area (Å²) in [4.78, 5) is 21.7. The summed E-state index contributed by atoms with van der Waals surface area (Å²) in [5, 5.41) is 0. The topological polar surface area (TPSA) is 116 Å². The summed E-state index contributed by atoms with van der Waals surface area (Å²) in [5.74, 6) is 0.494. The zero-order chi connectivity index (χ0) is 25.4. The molecule has 1 aliphatic heterocycles. The third-order valence-corrected chi connectivity index (χ3v) is 6.92. The van der Waals surface area contributed by atoms with Crippen molar-refractivity contribution in [3.8, 4) is 0 Å². The Balaban J connectivity index is 1.81. The lowest BCUT2D eigenvalue weighted by Gasteiger charge is -2.31. The Morgan fingerprint density at radius 3 is 2.43 bits per heavy atom. The highest BCUT2D eigenvalue weighted by Crippen LogP contribution is 2.50. The first-order valence-electron chi connectivity index (χ1n) is 11.9. The van der Waals surface area contributed by atoms with Crippen molar-refractivity contribution in [2.45, 2.75) is 52.6 Å². The first-order chi connectivity index (χ1) is 16.6. The van der Waals surface area contributed by atoms with Gasteiger partial charge in [-0.3, -0.25) is 9.46 Å². The normalized spacial score (nSPS) is 16.7. The molecule has 12 nitrogen and oxygen atoms in total. The van der Waals surface area contributed by atoms with Crippen LogP contribution in [-0.2, 0) is 29.6 Å². The van der Waals surface area contributed by atoms with Crippen LogP contribution in [-0.4, -0.2) is 107 Å². The SMILES string of the molecule is CC(C)OP(=O)(COC(CN1CCOCC1)Cn1cnc2c(/N=C/N(C)C)ncnc21)OC(C)C. The summed E-state index contributed by atoms with van der Waals surface area (Å²) >= 11 is 0. The van der Waals surface area contributed by atoms with Crippen LogP contribution in [0.2, 0.25) is 0 Å². The van der Waals surface area contributed by atoms with E-state index in [1.807, 2.05) is 51.3 Å². The van der Waals surface area contributed by atoms with Crippen LogP contribution in [0.1, 0.15) is 27.7 Å². The van der Waals surface area contributed by atoms with E-state index in [1.54, 1.807) is 12.7 Å². The summed E-state index contributed by atoms with van der Waals surface area (Å²) in [5.41, 5.74) is 1.26. The molecule has 0 radical (unpaired) electrons. The second-order valence-corrected chi connectivity index (χ2v) is 11.1. The van der Waals surface area contributed by atoms with Gasteiger partial charge in [-0.2, -0.15) is 0 Å². The molecule has 1 saturated heterocycles. The van der Waals surface area contributed by atoms with E-state index in [-0.39, 0.29) is 24.7 Å². The maximum Gasteiger partial charge on any atom is 0.356 e. The van der Waals surface area contributed by atoms with Gasteiger partial charge in [0.15, 0.2) is 17.0 Å². The van der Waals surface area contributed by atoms with Gasteiger partial charge >= 0.3 is 7.60 Å². The van der Waals surface area contributed by atoms with E-state index in [0.717, 1.165) is 13.1 Å². The molecular formula is C22H38N7O5P. The maximum absolute atomic E-state index is 13.4. The van der Waals surface area contributed by atoms with Crippen molar-refractivity contribution in [2.75, 3.05) is 53.3 Å². The van der Waals surface area contributed by atoms with Crippen molar-refractivity contribution in [1.29, 1.82) is 0 Å². The molecule has 0 bridgehead atoms. The highest BCUT2D eigenvalue weighted by atomic mass is 31.2. The van der Waals surface area contributed by atoms with Crippen LogP contribution in [0.15, 0.2) is 17.6 Å². The van der Waals surface area contributed by atoms with E-state index in [2.05, 4.69) is 24.8 Å². The maximum atomic E-state index is 13.4. The number of morpholine rings is 1. The minimum absolute atomic E-state index is 0.141. The molecule has 0 amide bonds. The molecule has 3 rings (SSSR count). The molecule has 0 saturated carbocycles. The second kappa shape index (κ2) is 12.8. The molecule has 0 spiro atoms. The van der Waals surface area contributed by atoms with Gasteiger partial charge in [-0.05, 0) is 27.7 Å². The monoisotopic (exact) mass is 511 g/mol. The Labute approximate surface area is 207 Å². The molecular weight excluding hydrogens is 473 g/mol. The first kappa shape index (κ1) is 27.6. The van der Waals surface area contributed by atoms with Crippen molar-refractivity contribution >= 4 is 30.9 Å². The second-order valence-electron chi connectivity index (χ2n) is 9.22. The zero-order valence-electron chi connectivity index (χ0n) is 21.5. The fourth-order valence-corrected chi connectivity index (χ4v) is 5.50. The summed E-state index contributed by atoms with van der Waals surface area (Å²) in [7, 11) is 0.332. The number of fused-ring (bicyclic) bond motifs is 1. The average Bonchev–Trinajstić information content (AvgIpc) is 3.19. The van der Waals surface area contributed by atoms with E-state index in [4.69, 9.17) is 18.5 Å². The molecule has 13 heteroatoms. The number of rotatable bonds is 13. The van der Waals surface area contributed by atoms with Gasteiger partial charge < -0.3 is 28.0 Å². The van der Waals surface area contributed by atoms with Crippen molar-refractivity contribution in [3.05, 3.63) is 12.7 Å². The smallest absolute Gasteiger partial charge is 0.356 e. The number of nitrogens with zero attached hydrogens (tertiary/aromatic N) is 7. The fraction of sp³-hybridized carbons (Fsp3) is 0.727. The van der Waals surface area contributed by atoms with E-state index < -0.39 is 7.60 Å². The van der Waals surface area contributed by atoms with Crippen LogP contribution in [0.25, 0.3) is 11.2 Å². The number of aromatic nitrogens is 4. The number of ether oxygens (including phenoxy) is 2. The van der Waals surface area contributed by atoms with E-state index in [1.165, 1.54) is 6.33 Å². The van der Waals surface area contributed by atoms with Crippen LogP contribution in [0.4, 0.5) is 5.82 Å². The summed E-state index contributed by atoms with van der Waals surface area (Å²) in [6.45, 7) is 11.3. The number of hydrogen-bond acceptors (Lipinski definition) is 10. The average molecular weight is 512 g/mol. The largest absolute Gasteiger partial charge is 0.379 e. The van der Waals surface area contributed by atoms with Crippen LogP contribution in [0, 0.1) is 0 Å². The quantitative estimate of drug-likeness (QED) is 0.226. The van der Waals surface area contributed by atoms with Crippen molar-refractivity contribution in [1.82, 2.24) is 29.3 Å². The number of imidazole rings is 1. The lowest BCUT2D eigenvalue weighted by atomic mass is 10.3. The molecule has 0 N–H and O–H groups in total. The van der Waals surface area contributed by atoms with Gasteiger partial charge in [0.2, 0.25) is 0 Å². The van der Waals surface area contributed by atoms with Gasteiger partial charge in [0.05, 0.1) is 50.7 Å². The highest BCUT2D eigenvalue weighted by molar-refractivity contribution is 7.53. The molecule has 35 heavy (non-hydrogen) atoms. The third-order valence-electron chi connectivity index (χ3n) is 4.97. The minimum atomic E-state index is -3.44. The number of aliphatic imine (C=N–C) groups is 1. The molecule has 0 aromatic carbocycles. The predicted molar refractivity (Wildman–Crippen MR) is 134 cm³/mol. The standard InChI is InChI=1S/C22H38N7O5P/c1-17(2)33-35(30,34-18(3)4)16-32-19(11-28-7-9-31-10-8-28)12-29-15-25-20-21(26-14-27(5)6)23-13-24-22(20)29/h13-15,17-19H,7-12,16H2,1-6H3/b26-14+. The highest BCUT2D eigenvalue weighted by Gasteiger charge is 2.30. The Hall–Kier alpha value is -1.95. The van der Waals surface area contributed by atoms with Gasteiger partial charge in [0.1, 0.15) is 12.7 Å². The Kier molecular flexibility index (Phi) is 10.1. The van der Waals surface area contributed by atoms with E-state index in [9.17, 15) is 4.57 Å². The molecule has 1 aliphatic rings.